The second kappa shape index (κ2) is 8.95. The monoisotopic (exact) mass is 176 g/mol. The first-order chi connectivity index (χ1) is 1.73. The summed E-state index contributed by atoms with van der Waals surface area (Å²) < 4.78 is 0. The van der Waals surface area contributed by atoms with Crippen LogP contribution in [-0.2, 0) is 0 Å². The number of halogens is 1. The molecule has 0 amide bonds. The van der Waals surface area contributed by atoms with Gasteiger partial charge in [-0.15, -0.1) is 17.0 Å². The Kier molecular flexibility index (Phi) is 24.5. The van der Waals surface area contributed by atoms with Crippen LogP contribution in [-0.4, -0.2) is 16.4 Å². The molecule has 0 saturated heterocycles. The van der Waals surface area contributed by atoms with E-state index in [9.17, 15) is 0 Å². The largest absolute Gasteiger partial charge is 0.503 e. The SMILES string of the molecule is Br.O=C(O)O.P. The minimum absolute atomic E-state index is 0. The van der Waals surface area contributed by atoms with Crippen molar-refractivity contribution in [2.75, 3.05) is 0 Å². The highest BCUT2D eigenvalue weighted by Gasteiger charge is 1.70. The van der Waals surface area contributed by atoms with Crippen molar-refractivity contribution in [3.8, 4) is 0 Å². The lowest BCUT2D eigenvalue weighted by Crippen LogP contribution is -1.81. The molecule has 1 atom stereocenters. The molecule has 0 spiro atoms. The van der Waals surface area contributed by atoms with E-state index in [-0.39, 0.29) is 26.9 Å². The molecule has 0 rings (SSSR count). The average molecular weight is 177 g/mol. The van der Waals surface area contributed by atoms with E-state index in [4.69, 9.17) is 15.0 Å². The maximum atomic E-state index is 8.56. The van der Waals surface area contributed by atoms with Crippen LogP contribution in [0.4, 0.5) is 4.79 Å². The Hall–Kier alpha value is 0.180. The first kappa shape index (κ1) is 16.4. The second-order valence-corrected chi connectivity index (χ2v) is 0.283. The smallest absolute Gasteiger partial charge is 0.450 e. The molecule has 40 valence electrons. The molecular weight excluding hydrogens is 171 g/mol. The van der Waals surface area contributed by atoms with Gasteiger partial charge in [0.1, 0.15) is 0 Å². The Morgan fingerprint density at radius 2 is 1.33 bits per heavy atom. The molecule has 0 aromatic carbocycles. The van der Waals surface area contributed by atoms with Crippen LogP contribution in [0.15, 0.2) is 0 Å². The number of carbonyl (C=O) groups is 1. The van der Waals surface area contributed by atoms with Crippen LogP contribution >= 0.6 is 26.9 Å². The van der Waals surface area contributed by atoms with Crippen LogP contribution < -0.4 is 0 Å². The molecule has 0 aliphatic carbocycles. The quantitative estimate of drug-likeness (QED) is 0.539. The van der Waals surface area contributed by atoms with Gasteiger partial charge in [-0.2, -0.15) is 9.90 Å². The Morgan fingerprint density at radius 3 is 1.33 bits per heavy atom. The number of carboxylic acid groups (broad SMARTS) is 2. The minimum atomic E-state index is -1.83. The predicted octanol–water partition coefficient (Wildman–Crippen LogP) is 0.858. The summed E-state index contributed by atoms with van der Waals surface area (Å²) in [6, 6.07) is 0. The highest BCUT2D eigenvalue weighted by atomic mass is 79.9. The van der Waals surface area contributed by atoms with Crippen molar-refractivity contribution in [3.63, 3.8) is 0 Å². The van der Waals surface area contributed by atoms with Crippen molar-refractivity contribution in [1.29, 1.82) is 0 Å². The second-order valence-electron chi connectivity index (χ2n) is 0.283. The summed E-state index contributed by atoms with van der Waals surface area (Å²) in [5, 5.41) is 13.9. The van der Waals surface area contributed by atoms with Crippen molar-refractivity contribution in [2.45, 2.75) is 0 Å². The molecule has 0 aliphatic heterocycles. The molecular formula is CH6BrO3P. The van der Waals surface area contributed by atoms with Crippen molar-refractivity contribution < 1.29 is 15.0 Å². The Bertz CT molecular complexity index is 33.8. The van der Waals surface area contributed by atoms with Gasteiger partial charge in [-0.25, -0.2) is 4.79 Å². The van der Waals surface area contributed by atoms with Crippen LogP contribution in [0.5, 0.6) is 0 Å². The minimum Gasteiger partial charge on any atom is -0.450 e. The van der Waals surface area contributed by atoms with Crippen LogP contribution in [0.2, 0.25) is 0 Å². The summed E-state index contributed by atoms with van der Waals surface area (Å²) >= 11 is 0. The number of hydrogen-bond acceptors (Lipinski definition) is 1. The van der Waals surface area contributed by atoms with Crippen molar-refractivity contribution >= 4 is 33.0 Å². The van der Waals surface area contributed by atoms with Gasteiger partial charge in [0.2, 0.25) is 0 Å². The molecule has 2 N–H and O–H groups in total. The van der Waals surface area contributed by atoms with E-state index in [2.05, 4.69) is 0 Å². The summed E-state index contributed by atoms with van der Waals surface area (Å²) in [5.74, 6) is 0. The molecule has 0 bridgehead atoms. The van der Waals surface area contributed by atoms with Gasteiger partial charge in [0, 0.05) is 0 Å². The van der Waals surface area contributed by atoms with E-state index in [1.54, 1.807) is 0 Å². The highest BCUT2D eigenvalue weighted by Crippen LogP contribution is 1.42. The topological polar surface area (TPSA) is 57.5 Å². The molecule has 5 heteroatoms. The first-order valence-electron chi connectivity index (χ1n) is 0.651. The van der Waals surface area contributed by atoms with Gasteiger partial charge in [0.15, 0.2) is 0 Å². The lowest BCUT2D eigenvalue weighted by Gasteiger charge is -1.60. The molecule has 0 aromatic rings. The van der Waals surface area contributed by atoms with Crippen LogP contribution in [0.1, 0.15) is 0 Å². The third-order valence-electron chi connectivity index (χ3n) is 0. The maximum Gasteiger partial charge on any atom is 0.503 e. The summed E-state index contributed by atoms with van der Waals surface area (Å²) in [5.41, 5.74) is 0. The van der Waals surface area contributed by atoms with Gasteiger partial charge in [0.25, 0.3) is 0 Å². The molecule has 1 unspecified atom stereocenters. The van der Waals surface area contributed by atoms with E-state index < -0.39 is 6.16 Å². The van der Waals surface area contributed by atoms with Gasteiger partial charge < -0.3 is 10.2 Å². The lowest BCUT2D eigenvalue weighted by atomic mass is 11.5. The number of hydrogen-bond donors (Lipinski definition) is 2. The van der Waals surface area contributed by atoms with Gasteiger partial charge in [-0.3, -0.25) is 0 Å². The maximum absolute atomic E-state index is 8.56. The zero-order valence-electron chi connectivity index (χ0n) is 2.92. The Balaban J connectivity index is -0.0000000450. The van der Waals surface area contributed by atoms with Gasteiger partial charge in [-0.05, 0) is 0 Å². The molecule has 0 saturated carbocycles. The van der Waals surface area contributed by atoms with Crippen molar-refractivity contribution in [3.05, 3.63) is 0 Å². The third kappa shape index (κ3) is 1300. The van der Waals surface area contributed by atoms with Crippen LogP contribution in [0, 0.1) is 0 Å². The Labute approximate surface area is 48.8 Å². The van der Waals surface area contributed by atoms with E-state index in [1.165, 1.54) is 0 Å². The zero-order chi connectivity index (χ0) is 3.58. The third-order valence-corrected chi connectivity index (χ3v) is 0. The van der Waals surface area contributed by atoms with Gasteiger partial charge in [-0.1, -0.05) is 0 Å². The van der Waals surface area contributed by atoms with Crippen LogP contribution in [0.25, 0.3) is 0 Å². The van der Waals surface area contributed by atoms with E-state index in [0.717, 1.165) is 0 Å². The lowest BCUT2D eigenvalue weighted by molar-refractivity contribution is 0.137. The zero-order valence-corrected chi connectivity index (χ0v) is 6.05. The van der Waals surface area contributed by atoms with Gasteiger partial charge >= 0.3 is 6.16 Å². The highest BCUT2D eigenvalue weighted by molar-refractivity contribution is 8.93. The number of rotatable bonds is 0. The molecule has 0 fully saturated rings. The molecule has 0 radical (unpaired) electrons. The fraction of sp³-hybridized carbons (Fsp3) is 0. The summed E-state index contributed by atoms with van der Waals surface area (Å²) in [6.45, 7) is 0. The molecule has 6 heavy (non-hydrogen) atoms. The van der Waals surface area contributed by atoms with E-state index in [1.807, 2.05) is 0 Å². The van der Waals surface area contributed by atoms with E-state index in [0.29, 0.717) is 0 Å². The molecule has 0 aromatic heterocycles. The summed E-state index contributed by atoms with van der Waals surface area (Å²) in [4.78, 5) is 8.56. The Morgan fingerprint density at radius 1 is 1.33 bits per heavy atom. The first-order valence-corrected chi connectivity index (χ1v) is 0.651. The molecule has 3 nitrogen and oxygen atoms in total. The normalized spacial score (nSPS) is 4.00. The standard InChI is InChI=1S/CH2O3.BrH.H3P/c2-1(3)4;;/h(H2,2,3,4);1H;1H3. The van der Waals surface area contributed by atoms with Crippen molar-refractivity contribution in [2.24, 2.45) is 0 Å². The van der Waals surface area contributed by atoms with Crippen molar-refractivity contribution in [1.82, 2.24) is 0 Å². The average Bonchev–Trinajstić information content (AvgIpc) is 0.811. The van der Waals surface area contributed by atoms with Gasteiger partial charge in [0.05, 0.1) is 0 Å². The van der Waals surface area contributed by atoms with E-state index >= 15 is 0 Å². The summed E-state index contributed by atoms with van der Waals surface area (Å²) in [6.07, 6.45) is -1.83. The molecule has 0 aliphatic rings. The summed E-state index contributed by atoms with van der Waals surface area (Å²) in [7, 11) is 0. The van der Waals surface area contributed by atoms with Crippen LogP contribution in [0.3, 0.4) is 0 Å². The predicted molar refractivity (Wildman–Crippen MR) is 32.1 cm³/mol. The fourth-order valence-corrected chi connectivity index (χ4v) is 0. The fourth-order valence-electron chi connectivity index (χ4n) is 0. The molecule has 0 heterocycles.